The van der Waals surface area contributed by atoms with E-state index >= 15 is 0 Å². The number of carboxylic acid groups (broad SMARTS) is 1. The van der Waals surface area contributed by atoms with Gasteiger partial charge in [-0.3, -0.25) is 19.9 Å². The van der Waals surface area contributed by atoms with E-state index in [2.05, 4.69) is 5.32 Å². The van der Waals surface area contributed by atoms with Crippen molar-refractivity contribution in [1.29, 1.82) is 0 Å². The molecule has 0 aromatic rings. The summed E-state index contributed by atoms with van der Waals surface area (Å²) in [6.45, 7) is 0.244. The maximum Gasteiger partial charge on any atom is 0.478 e. The topological polar surface area (TPSA) is 119 Å². The second kappa shape index (κ2) is 7.95. The molecule has 0 radical (unpaired) electrons. The second-order valence-electron chi connectivity index (χ2n) is 5.44. The SMILES string of the molecule is O=C(O)C[C@H]1C=CC[C@H](NC(=O)CC2=CC=CN(O)C2)B(O)O1. The molecule has 2 aliphatic rings. The molecule has 0 aromatic heterocycles. The van der Waals surface area contributed by atoms with Crippen molar-refractivity contribution in [3.05, 3.63) is 36.1 Å². The van der Waals surface area contributed by atoms with Crippen LogP contribution < -0.4 is 5.32 Å². The summed E-state index contributed by atoms with van der Waals surface area (Å²) in [4.78, 5) is 22.7. The summed E-state index contributed by atoms with van der Waals surface area (Å²) in [5.41, 5.74) is 0.732. The van der Waals surface area contributed by atoms with Gasteiger partial charge in [0.05, 0.1) is 25.0 Å². The zero-order valence-corrected chi connectivity index (χ0v) is 12.5. The molecular weight excluding hydrogens is 303 g/mol. The summed E-state index contributed by atoms with van der Waals surface area (Å²) in [5, 5.41) is 31.7. The Labute approximate surface area is 133 Å². The van der Waals surface area contributed by atoms with E-state index in [1.54, 1.807) is 24.3 Å². The molecule has 0 aromatic carbocycles. The lowest BCUT2D eigenvalue weighted by Crippen LogP contribution is -2.48. The number of allylic oxidation sites excluding steroid dienone is 2. The highest BCUT2D eigenvalue weighted by Crippen LogP contribution is 2.14. The summed E-state index contributed by atoms with van der Waals surface area (Å²) in [7, 11) is -1.28. The third-order valence-corrected chi connectivity index (χ3v) is 3.46. The van der Waals surface area contributed by atoms with Crippen LogP contribution >= 0.6 is 0 Å². The summed E-state index contributed by atoms with van der Waals surface area (Å²) in [6.07, 6.45) is 7.58. The molecule has 0 aliphatic carbocycles. The minimum atomic E-state index is -1.28. The van der Waals surface area contributed by atoms with E-state index in [1.165, 1.54) is 6.20 Å². The Morgan fingerprint density at radius 1 is 1.48 bits per heavy atom. The van der Waals surface area contributed by atoms with Gasteiger partial charge in [-0.2, -0.15) is 0 Å². The summed E-state index contributed by atoms with van der Waals surface area (Å²) in [5.74, 6) is -1.99. The van der Waals surface area contributed by atoms with Crippen LogP contribution in [-0.2, 0) is 14.2 Å². The number of carboxylic acids is 1. The van der Waals surface area contributed by atoms with Crippen molar-refractivity contribution < 1.29 is 29.6 Å². The zero-order chi connectivity index (χ0) is 16.8. The minimum absolute atomic E-state index is 0.0902. The number of amides is 1. The first kappa shape index (κ1) is 17.3. The number of rotatable bonds is 5. The Morgan fingerprint density at radius 3 is 2.96 bits per heavy atom. The number of aliphatic carboxylic acids is 1. The van der Waals surface area contributed by atoms with Crippen molar-refractivity contribution in [2.75, 3.05) is 6.54 Å². The van der Waals surface area contributed by atoms with Gasteiger partial charge in [0.2, 0.25) is 5.91 Å². The van der Waals surface area contributed by atoms with Crippen LogP contribution in [0, 0.1) is 0 Å². The average molecular weight is 322 g/mol. The van der Waals surface area contributed by atoms with E-state index in [0.29, 0.717) is 6.42 Å². The van der Waals surface area contributed by atoms with E-state index in [9.17, 15) is 19.8 Å². The van der Waals surface area contributed by atoms with Crippen LogP contribution in [0.2, 0.25) is 0 Å². The van der Waals surface area contributed by atoms with Crippen molar-refractivity contribution in [3.8, 4) is 0 Å². The Balaban J connectivity index is 1.86. The lowest BCUT2D eigenvalue weighted by molar-refractivity contribution is -0.138. The lowest BCUT2D eigenvalue weighted by atomic mass is 9.77. The van der Waals surface area contributed by atoms with Crippen LogP contribution in [0.5, 0.6) is 0 Å². The van der Waals surface area contributed by atoms with E-state index in [4.69, 9.17) is 9.76 Å². The van der Waals surface area contributed by atoms with Gasteiger partial charge in [0, 0.05) is 12.6 Å². The fourth-order valence-electron chi connectivity index (χ4n) is 2.40. The Morgan fingerprint density at radius 2 is 2.26 bits per heavy atom. The molecule has 2 heterocycles. The molecular formula is C14H19BN2O6. The third kappa shape index (κ3) is 5.55. The number of nitrogens with one attached hydrogen (secondary N) is 1. The molecule has 8 nitrogen and oxygen atoms in total. The second-order valence-corrected chi connectivity index (χ2v) is 5.44. The molecule has 0 fully saturated rings. The zero-order valence-electron chi connectivity index (χ0n) is 12.5. The summed E-state index contributed by atoms with van der Waals surface area (Å²) < 4.78 is 5.24. The molecule has 1 amide bonds. The van der Waals surface area contributed by atoms with Crippen molar-refractivity contribution in [2.45, 2.75) is 31.3 Å². The van der Waals surface area contributed by atoms with Gasteiger partial charge in [-0.15, -0.1) is 0 Å². The quantitative estimate of drug-likeness (QED) is 0.410. The van der Waals surface area contributed by atoms with E-state index in [-0.39, 0.29) is 25.3 Å². The highest BCUT2D eigenvalue weighted by Gasteiger charge is 2.32. The van der Waals surface area contributed by atoms with Crippen LogP contribution in [0.4, 0.5) is 0 Å². The van der Waals surface area contributed by atoms with Crippen LogP contribution in [0.25, 0.3) is 0 Å². The van der Waals surface area contributed by atoms with Gasteiger partial charge in [-0.25, -0.2) is 0 Å². The predicted octanol–water partition coefficient (Wildman–Crippen LogP) is -0.154. The van der Waals surface area contributed by atoms with Gasteiger partial charge in [0.1, 0.15) is 0 Å². The maximum absolute atomic E-state index is 12.0. The molecule has 0 saturated carbocycles. The molecule has 2 atom stereocenters. The number of hydroxylamine groups is 2. The predicted molar refractivity (Wildman–Crippen MR) is 81.1 cm³/mol. The molecule has 2 rings (SSSR count). The molecule has 124 valence electrons. The van der Waals surface area contributed by atoms with E-state index < -0.39 is 25.1 Å². The molecule has 0 spiro atoms. The van der Waals surface area contributed by atoms with Gasteiger partial charge < -0.3 is 20.1 Å². The smallest absolute Gasteiger partial charge is 0.478 e. The maximum atomic E-state index is 12.0. The first-order valence-electron chi connectivity index (χ1n) is 7.27. The number of hydrogen-bond acceptors (Lipinski definition) is 6. The van der Waals surface area contributed by atoms with E-state index in [0.717, 1.165) is 10.6 Å². The number of nitrogens with zero attached hydrogens (tertiary/aromatic N) is 1. The monoisotopic (exact) mass is 322 g/mol. The Bertz CT molecular complexity index is 547. The highest BCUT2D eigenvalue weighted by atomic mass is 16.5. The normalized spacial score (nSPS) is 24.2. The van der Waals surface area contributed by atoms with Crippen molar-refractivity contribution >= 4 is 19.0 Å². The van der Waals surface area contributed by atoms with Crippen LogP contribution in [-0.4, -0.2) is 58.0 Å². The Hall–Kier alpha value is -2.10. The fraction of sp³-hybridized carbons (Fsp3) is 0.429. The molecule has 2 aliphatic heterocycles. The molecule has 0 bridgehead atoms. The van der Waals surface area contributed by atoms with Gasteiger partial charge in [-0.05, 0) is 18.1 Å². The molecule has 9 heteroatoms. The van der Waals surface area contributed by atoms with Crippen molar-refractivity contribution in [2.24, 2.45) is 0 Å². The number of hydrogen-bond donors (Lipinski definition) is 4. The largest absolute Gasteiger partial charge is 0.481 e. The van der Waals surface area contributed by atoms with Crippen LogP contribution in [0.1, 0.15) is 19.3 Å². The highest BCUT2D eigenvalue weighted by molar-refractivity contribution is 6.45. The minimum Gasteiger partial charge on any atom is -0.481 e. The van der Waals surface area contributed by atoms with Crippen molar-refractivity contribution in [3.63, 3.8) is 0 Å². The average Bonchev–Trinajstić information content (AvgIpc) is 2.60. The van der Waals surface area contributed by atoms with Crippen LogP contribution in [0.3, 0.4) is 0 Å². The van der Waals surface area contributed by atoms with Gasteiger partial charge >= 0.3 is 13.1 Å². The summed E-state index contributed by atoms with van der Waals surface area (Å²) in [6, 6.07) is 0. The molecule has 4 N–H and O–H groups in total. The summed E-state index contributed by atoms with van der Waals surface area (Å²) >= 11 is 0. The van der Waals surface area contributed by atoms with Crippen LogP contribution in [0.15, 0.2) is 36.1 Å². The lowest BCUT2D eigenvalue weighted by Gasteiger charge is -2.21. The molecule has 0 saturated heterocycles. The standard InChI is InChI=1S/C14H19BN2O6/c18-13(7-10-3-2-6-17(22)9-10)16-12-5-1-4-11(8-14(19)20)23-15(12)21/h1-4,6,11-12,21-22H,5,7-9H2,(H,16,18)(H,19,20)/t11-,12+/m1/s1. The van der Waals surface area contributed by atoms with Gasteiger partial charge in [0.15, 0.2) is 0 Å². The number of carbonyl (C=O) groups is 2. The van der Waals surface area contributed by atoms with E-state index in [1.807, 2.05) is 0 Å². The Kier molecular flexibility index (Phi) is 5.97. The van der Waals surface area contributed by atoms with Gasteiger partial charge in [-0.1, -0.05) is 18.2 Å². The molecule has 23 heavy (non-hydrogen) atoms. The third-order valence-electron chi connectivity index (χ3n) is 3.46. The van der Waals surface area contributed by atoms with Gasteiger partial charge in [0.25, 0.3) is 0 Å². The number of carbonyl (C=O) groups excluding carboxylic acids is 1. The first-order chi connectivity index (χ1) is 10.9. The van der Waals surface area contributed by atoms with Crippen molar-refractivity contribution in [1.82, 2.24) is 10.4 Å². The molecule has 0 unspecified atom stereocenters. The fourth-order valence-corrected chi connectivity index (χ4v) is 2.40. The first-order valence-corrected chi connectivity index (χ1v) is 7.27.